The van der Waals surface area contributed by atoms with E-state index in [1.165, 1.54) is 12.0 Å². The number of furan rings is 1. The molecule has 0 atom stereocenters. The lowest BCUT2D eigenvalue weighted by Gasteiger charge is -2.22. The van der Waals surface area contributed by atoms with E-state index in [1.54, 1.807) is 19.1 Å². The molecule has 0 amide bonds. The fourth-order valence-corrected chi connectivity index (χ4v) is 1.48. The summed E-state index contributed by atoms with van der Waals surface area (Å²) < 4.78 is 47.0. The molecule has 98 valence electrons. The van der Waals surface area contributed by atoms with Gasteiger partial charge in [0.25, 0.3) is 0 Å². The first-order valence-electron chi connectivity index (χ1n) is 5.24. The first-order valence-corrected chi connectivity index (χ1v) is 5.24. The van der Waals surface area contributed by atoms with Crippen LogP contribution in [0.4, 0.5) is 13.2 Å². The Morgan fingerprint density at radius 1 is 1.35 bits per heavy atom. The van der Waals surface area contributed by atoms with E-state index in [9.17, 15) is 13.2 Å². The average Bonchev–Trinajstić information content (AvgIpc) is 2.58. The zero-order chi connectivity index (χ0) is 12.9. The Morgan fingerprint density at radius 2 is 2.06 bits per heavy atom. The van der Waals surface area contributed by atoms with Gasteiger partial charge in [0.1, 0.15) is 11.5 Å². The highest BCUT2D eigenvalue weighted by Crippen LogP contribution is 2.18. The topological polar surface area (TPSA) is 25.6 Å². The van der Waals surface area contributed by atoms with E-state index in [1.807, 2.05) is 0 Å². The van der Waals surface area contributed by atoms with Crippen molar-refractivity contribution < 1.29 is 22.3 Å². The third kappa shape index (κ3) is 5.74. The van der Waals surface area contributed by atoms with Crippen LogP contribution in [0.3, 0.4) is 0 Å². The molecule has 0 saturated heterocycles. The van der Waals surface area contributed by atoms with Gasteiger partial charge in [0.2, 0.25) is 0 Å². The van der Waals surface area contributed by atoms with Crippen LogP contribution in [0.25, 0.3) is 0 Å². The summed E-state index contributed by atoms with van der Waals surface area (Å²) in [7, 11) is 1.46. The summed E-state index contributed by atoms with van der Waals surface area (Å²) in [6, 6.07) is 3.42. The average molecular weight is 251 g/mol. The molecule has 0 radical (unpaired) electrons. The summed E-state index contributed by atoms with van der Waals surface area (Å²) in [6.07, 6.45) is -4.21. The first-order chi connectivity index (χ1) is 7.90. The number of hydrogen-bond acceptors (Lipinski definition) is 3. The maximum atomic E-state index is 12.3. The van der Waals surface area contributed by atoms with Gasteiger partial charge in [-0.05, 0) is 19.1 Å². The van der Waals surface area contributed by atoms with Gasteiger partial charge in [-0.3, -0.25) is 4.90 Å². The molecule has 1 aromatic rings. The molecule has 1 aromatic heterocycles. The molecule has 17 heavy (non-hydrogen) atoms. The molecule has 1 heterocycles. The van der Waals surface area contributed by atoms with Gasteiger partial charge in [0, 0.05) is 13.7 Å². The number of nitrogens with zero attached hydrogens (tertiary/aromatic N) is 1. The van der Waals surface area contributed by atoms with Crippen molar-refractivity contribution >= 4 is 0 Å². The highest BCUT2D eigenvalue weighted by Gasteiger charge is 2.30. The Bertz CT molecular complexity index is 336. The van der Waals surface area contributed by atoms with Crippen LogP contribution in [0.2, 0.25) is 0 Å². The highest BCUT2D eigenvalue weighted by atomic mass is 19.4. The van der Waals surface area contributed by atoms with Gasteiger partial charge in [-0.25, -0.2) is 0 Å². The summed E-state index contributed by atoms with van der Waals surface area (Å²) in [6.45, 7) is 1.41. The van der Waals surface area contributed by atoms with Crippen LogP contribution in [0.5, 0.6) is 0 Å². The van der Waals surface area contributed by atoms with E-state index >= 15 is 0 Å². The minimum Gasteiger partial charge on any atom is -0.465 e. The van der Waals surface area contributed by atoms with Gasteiger partial charge in [-0.15, -0.1) is 0 Å². The quantitative estimate of drug-likeness (QED) is 0.777. The summed E-state index contributed by atoms with van der Waals surface area (Å²) >= 11 is 0. The largest absolute Gasteiger partial charge is 0.465 e. The molecule has 0 aromatic carbocycles. The number of rotatable bonds is 6. The van der Waals surface area contributed by atoms with Crippen LogP contribution in [-0.4, -0.2) is 37.9 Å². The Labute approximate surface area is 98.2 Å². The molecule has 0 aliphatic carbocycles. The van der Waals surface area contributed by atoms with Crippen molar-refractivity contribution in [3.05, 3.63) is 23.7 Å². The van der Waals surface area contributed by atoms with Crippen LogP contribution in [0.15, 0.2) is 16.5 Å². The minimum atomic E-state index is -4.21. The standard InChI is InChI=1S/C11H16F3NO2/c1-9-3-4-10(17-9)7-15(5-6-16-2)8-11(12,13)14/h3-4H,5-8H2,1-2H3. The van der Waals surface area contributed by atoms with Gasteiger partial charge in [0.05, 0.1) is 19.7 Å². The van der Waals surface area contributed by atoms with Crippen LogP contribution >= 0.6 is 0 Å². The second-order valence-corrected chi connectivity index (χ2v) is 3.83. The Hall–Kier alpha value is -1.01. The molecule has 0 spiro atoms. The predicted octanol–water partition coefficient (Wildman–Crippen LogP) is 2.60. The first kappa shape index (κ1) is 14.1. The molecule has 0 N–H and O–H groups in total. The van der Waals surface area contributed by atoms with Crippen LogP contribution < -0.4 is 0 Å². The van der Waals surface area contributed by atoms with Crippen molar-refractivity contribution in [2.75, 3.05) is 26.8 Å². The van der Waals surface area contributed by atoms with Crippen molar-refractivity contribution in [3.63, 3.8) is 0 Å². The zero-order valence-electron chi connectivity index (χ0n) is 9.88. The van der Waals surface area contributed by atoms with E-state index in [0.29, 0.717) is 11.5 Å². The fourth-order valence-electron chi connectivity index (χ4n) is 1.48. The van der Waals surface area contributed by atoms with Crippen molar-refractivity contribution in [1.29, 1.82) is 0 Å². The van der Waals surface area contributed by atoms with E-state index < -0.39 is 12.7 Å². The summed E-state index contributed by atoms with van der Waals surface area (Å²) in [5.74, 6) is 1.22. The van der Waals surface area contributed by atoms with Crippen LogP contribution in [-0.2, 0) is 11.3 Å². The van der Waals surface area contributed by atoms with Crippen molar-refractivity contribution in [3.8, 4) is 0 Å². The summed E-state index contributed by atoms with van der Waals surface area (Å²) in [5, 5.41) is 0. The molecule has 6 heteroatoms. The molecule has 0 aliphatic heterocycles. The van der Waals surface area contributed by atoms with Gasteiger partial charge in [0.15, 0.2) is 0 Å². The molecule has 0 fully saturated rings. The van der Waals surface area contributed by atoms with Crippen molar-refractivity contribution in [1.82, 2.24) is 4.90 Å². The molecule has 0 bridgehead atoms. The van der Waals surface area contributed by atoms with Crippen molar-refractivity contribution in [2.24, 2.45) is 0 Å². The number of aryl methyl sites for hydroxylation is 1. The lowest BCUT2D eigenvalue weighted by atomic mass is 10.3. The maximum absolute atomic E-state index is 12.3. The second kappa shape index (κ2) is 6.07. The molecule has 0 unspecified atom stereocenters. The number of hydrogen-bond donors (Lipinski definition) is 0. The number of alkyl halides is 3. The summed E-state index contributed by atoms with van der Waals surface area (Å²) in [4.78, 5) is 1.25. The minimum absolute atomic E-state index is 0.136. The highest BCUT2D eigenvalue weighted by molar-refractivity contribution is 5.05. The molecule has 0 aliphatic rings. The van der Waals surface area contributed by atoms with Gasteiger partial charge in [-0.1, -0.05) is 0 Å². The van der Waals surface area contributed by atoms with Gasteiger partial charge in [-0.2, -0.15) is 13.2 Å². The number of ether oxygens (including phenoxy) is 1. The third-order valence-electron chi connectivity index (χ3n) is 2.19. The SMILES string of the molecule is COCCN(Cc1ccc(C)o1)CC(F)(F)F. The van der Waals surface area contributed by atoms with Gasteiger partial charge < -0.3 is 9.15 Å². The predicted molar refractivity (Wildman–Crippen MR) is 56.7 cm³/mol. The second-order valence-electron chi connectivity index (χ2n) is 3.83. The lowest BCUT2D eigenvalue weighted by molar-refractivity contribution is -0.148. The Kier molecular flexibility index (Phi) is 5.02. The molecular weight excluding hydrogens is 235 g/mol. The summed E-state index contributed by atoms with van der Waals surface area (Å²) in [5.41, 5.74) is 0. The van der Waals surface area contributed by atoms with E-state index in [4.69, 9.17) is 9.15 Å². The van der Waals surface area contributed by atoms with Gasteiger partial charge >= 0.3 is 6.18 Å². The normalized spacial score (nSPS) is 12.4. The fraction of sp³-hybridized carbons (Fsp3) is 0.636. The van der Waals surface area contributed by atoms with Crippen LogP contribution in [0, 0.1) is 6.92 Å². The molecule has 3 nitrogen and oxygen atoms in total. The molecule has 0 saturated carbocycles. The lowest BCUT2D eigenvalue weighted by Crippen LogP contribution is -2.35. The smallest absolute Gasteiger partial charge is 0.401 e. The van der Waals surface area contributed by atoms with E-state index in [0.717, 1.165) is 0 Å². The van der Waals surface area contributed by atoms with Crippen LogP contribution in [0.1, 0.15) is 11.5 Å². The Balaban J connectivity index is 2.56. The monoisotopic (exact) mass is 251 g/mol. The third-order valence-corrected chi connectivity index (χ3v) is 2.19. The Morgan fingerprint density at radius 3 is 2.53 bits per heavy atom. The van der Waals surface area contributed by atoms with Crippen molar-refractivity contribution in [2.45, 2.75) is 19.6 Å². The maximum Gasteiger partial charge on any atom is 0.401 e. The number of methoxy groups -OCH3 is 1. The van der Waals surface area contributed by atoms with E-state index in [2.05, 4.69) is 0 Å². The zero-order valence-corrected chi connectivity index (χ0v) is 9.88. The number of halogens is 3. The van der Waals surface area contributed by atoms with E-state index in [-0.39, 0.29) is 19.7 Å². The molecular formula is C11H16F3NO2. The molecule has 1 rings (SSSR count).